The van der Waals surface area contributed by atoms with E-state index in [0.717, 1.165) is 24.5 Å². The number of aryl methyl sites for hydroxylation is 1. The lowest BCUT2D eigenvalue weighted by atomic mass is 10.3. The molecule has 4 heteroatoms. The molecule has 3 N–H and O–H groups in total. The van der Waals surface area contributed by atoms with E-state index in [-0.39, 0.29) is 0 Å². The largest absolute Gasteiger partial charge is 0.367 e. The quantitative estimate of drug-likeness (QED) is 0.680. The van der Waals surface area contributed by atoms with Crippen molar-refractivity contribution in [2.45, 2.75) is 13.3 Å². The van der Waals surface area contributed by atoms with E-state index in [0.29, 0.717) is 6.54 Å². The number of nitrogens with two attached hydrogens (primary N) is 1. The number of anilines is 1. The van der Waals surface area contributed by atoms with Gasteiger partial charge in [0.15, 0.2) is 0 Å². The summed E-state index contributed by atoms with van der Waals surface area (Å²) < 4.78 is 0. The van der Waals surface area contributed by atoms with Gasteiger partial charge < -0.3 is 11.1 Å². The van der Waals surface area contributed by atoms with Crippen LogP contribution in [0.25, 0.3) is 0 Å². The molecule has 66 valence electrons. The predicted molar refractivity (Wildman–Crippen MR) is 49.0 cm³/mol. The molecule has 1 aromatic rings. The highest BCUT2D eigenvalue weighted by Gasteiger charge is 1.93. The van der Waals surface area contributed by atoms with Crippen LogP contribution in [0.3, 0.4) is 0 Å². The van der Waals surface area contributed by atoms with E-state index in [1.165, 1.54) is 0 Å². The third kappa shape index (κ3) is 2.47. The Morgan fingerprint density at radius 1 is 1.42 bits per heavy atom. The molecule has 0 atom stereocenters. The lowest BCUT2D eigenvalue weighted by Gasteiger charge is -2.02. The Balaban J connectivity index is 2.53. The van der Waals surface area contributed by atoms with Gasteiger partial charge in [0, 0.05) is 13.1 Å². The normalized spacial score (nSPS) is 9.83. The lowest BCUT2D eigenvalue weighted by molar-refractivity contribution is 0.907. The molecule has 0 amide bonds. The molecule has 0 saturated heterocycles. The van der Waals surface area contributed by atoms with E-state index in [2.05, 4.69) is 22.4 Å². The Hall–Kier alpha value is -1.16. The molecular formula is C8H14N4. The zero-order valence-corrected chi connectivity index (χ0v) is 7.25. The van der Waals surface area contributed by atoms with Crippen LogP contribution >= 0.6 is 0 Å². The van der Waals surface area contributed by atoms with Gasteiger partial charge in [0.1, 0.15) is 5.82 Å². The Labute approximate surface area is 72.2 Å². The number of aromatic nitrogens is 2. The van der Waals surface area contributed by atoms with Crippen LogP contribution in [0.5, 0.6) is 0 Å². The summed E-state index contributed by atoms with van der Waals surface area (Å²) in [7, 11) is 0. The van der Waals surface area contributed by atoms with Gasteiger partial charge >= 0.3 is 0 Å². The average molecular weight is 166 g/mol. The van der Waals surface area contributed by atoms with Crippen LogP contribution < -0.4 is 11.1 Å². The van der Waals surface area contributed by atoms with Crippen LogP contribution in [0.2, 0.25) is 0 Å². The highest BCUT2D eigenvalue weighted by atomic mass is 15.2. The maximum Gasteiger partial charge on any atom is 0.148 e. The molecule has 0 bridgehead atoms. The third-order valence-electron chi connectivity index (χ3n) is 1.53. The molecule has 1 heterocycles. The maximum atomic E-state index is 5.32. The Morgan fingerprint density at radius 2 is 2.25 bits per heavy atom. The van der Waals surface area contributed by atoms with Crippen LogP contribution in [-0.4, -0.2) is 23.3 Å². The van der Waals surface area contributed by atoms with Crippen LogP contribution in [0, 0.1) is 0 Å². The molecule has 0 saturated carbocycles. The maximum absolute atomic E-state index is 5.32. The first-order chi connectivity index (χ1) is 5.86. The molecule has 0 aliphatic heterocycles. The Morgan fingerprint density at radius 3 is 2.75 bits per heavy atom. The monoisotopic (exact) mass is 166 g/mol. The molecule has 0 radical (unpaired) electrons. The van der Waals surface area contributed by atoms with Gasteiger partial charge in [0.25, 0.3) is 0 Å². The molecule has 0 spiro atoms. The second kappa shape index (κ2) is 4.66. The van der Waals surface area contributed by atoms with E-state index in [9.17, 15) is 0 Å². The molecule has 12 heavy (non-hydrogen) atoms. The van der Waals surface area contributed by atoms with E-state index >= 15 is 0 Å². The number of rotatable bonds is 4. The second-order valence-corrected chi connectivity index (χ2v) is 2.48. The summed E-state index contributed by atoms with van der Waals surface area (Å²) in [5.41, 5.74) is 6.33. The van der Waals surface area contributed by atoms with Crippen molar-refractivity contribution >= 4 is 5.82 Å². The van der Waals surface area contributed by atoms with Crippen molar-refractivity contribution < 1.29 is 0 Å². The van der Waals surface area contributed by atoms with Crippen molar-refractivity contribution in [1.82, 2.24) is 10.2 Å². The SMILES string of the molecule is CCc1ccc(NCCN)nn1. The van der Waals surface area contributed by atoms with Gasteiger partial charge in [-0.25, -0.2) is 0 Å². The molecule has 0 fully saturated rings. The van der Waals surface area contributed by atoms with Crippen molar-refractivity contribution in [1.29, 1.82) is 0 Å². The van der Waals surface area contributed by atoms with Crippen LogP contribution in [0.4, 0.5) is 5.82 Å². The fraction of sp³-hybridized carbons (Fsp3) is 0.500. The van der Waals surface area contributed by atoms with Crippen molar-refractivity contribution in [3.63, 3.8) is 0 Å². The molecule has 1 aromatic heterocycles. The van der Waals surface area contributed by atoms with Crippen molar-refractivity contribution in [2.75, 3.05) is 18.4 Å². The highest BCUT2D eigenvalue weighted by molar-refractivity contribution is 5.32. The Bertz CT molecular complexity index is 219. The zero-order chi connectivity index (χ0) is 8.81. The van der Waals surface area contributed by atoms with Gasteiger partial charge in [-0.3, -0.25) is 0 Å². The van der Waals surface area contributed by atoms with E-state index in [1.807, 2.05) is 12.1 Å². The molecule has 0 aliphatic rings. The summed E-state index contributed by atoms with van der Waals surface area (Å²) in [4.78, 5) is 0. The van der Waals surface area contributed by atoms with Crippen molar-refractivity contribution in [2.24, 2.45) is 5.73 Å². The molecule has 0 aromatic carbocycles. The minimum absolute atomic E-state index is 0.608. The fourth-order valence-electron chi connectivity index (χ4n) is 0.843. The molecule has 1 rings (SSSR count). The van der Waals surface area contributed by atoms with Crippen LogP contribution in [-0.2, 0) is 6.42 Å². The number of hydrogen-bond acceptors (Lipinski definition) is 4. The van der Waals surface area contributed by atoms with Gasteiger partial charge in [0.2, 0.25) is 0 Å². The summed E-state index contributed by atoms with van der Waals surface area (Å²) in [6.07, 6.45) is 0.921. The standard InChI is InChI=1S/C8H14N4/c1-2-7-3-4-8(12-11-7)10-6-5-9/h3-4H,2,5-6,9H2,1H3,(H,10,12). The minimum Gasteiger partial charge on any atom is -0.367 e. The molecule has 0 unspecified atom stereocenters. The topological polar surface area (TPSA) is 63.8 Å². The lowest BCUT2D eigenvalue weighted by Crippen LogP contribution is -2.14. The van der Waals surface area contributed by atoms with E-state index in [4.69, 9.17) is 5.73 Å². The van der Waals surface area contributed by atoms with Crippen LogP contribution in [0.15, 0.2) is 12.1 Å². The first-order valence-corrected chi connectivity index (χ1v) is 4.13. The minimum atomic E-state index is 0.608. The van der Waals surface area contributed by atoms with Gasteiger partial charge in [-0.05, 0) is 18.6 Å². The summed E-state index contributed by atoms with van der Waals surface area (Å²) in [5.74, 6) is 0.789. The van der Waals surface area contributed by atoms with Gasteiger partial charge in [-0.1, -0.05) is 6.92 Å². The first-order valence-electron chi connectivity index (χ1n) is 4.13. The zero-order valence-electron chi connectivity index (χ0n) is 7.25. The number of hydrogen-bond donors (Lipinski definition) is 2. The summed E-state index contributed by atoms with van der Waals surface area (Å²) in [6.45, 7) is 3.40. The fourth-order valence-corrected chi connectivity index (χ4v) is 0.843. The molecule has 4 nitrogen and oxygen atoms in total. The summed E-state index contributed by atoms with van der Waals surface area (Å²) >= 11 is 0. The third-order valence-corrected chi connectivity index (χ3v) is 1.53. The number of nitrogens with zero attached hydrogens (tertiary/aromatic N) is 2. The average Bonchev–Trinajstić information content (AvgIpc) is 2.15. The Kier molecular flexibility index (Phi) is 3.47. The molecular weight excluding hydrogens is 152 g/mol. The van der Waals surface area contributed by atoms with Crippen LogP contribution in [0.1, 0.15) is 12.6 Å². The molecule has 0 aliphatic carbocycles. The number of nitrogens with one attached hydrogen (secondary N) is 1. The second-order valence-electron chi connectivity index (χ2n) is 2.48. The van der Waals surface area contributed by atoms with Gasteiger partial charge in [-0.15, -0.1) is 5.10 Å². The van der Waals surface area contributed by atoms with Crippen molar-refractivity contribution in [3.05, 3.63) is 17.8 Å². The van der Waals surface area contributed by atoms with Crippen molar-refractivity contribution in [3.8, 4) is 0 Å². The van der Waals surface area contributed by atoms with Gasteiger partial charge in [0.05, 0.1) is 5.69 Å². The van der Waals surface area contributed by atoms with E-state index in [1.54, 1.807) is 0 Å². The smallest absolute Gasteiger partial charge is 0.148 e. The summed E-state index contributed by atoms with van der Waals surface area (Å²) in [5, 5.41) is 11.0. The van der Waals surface area contributed by atoms with E-state index < -0.39 is 0 Å². The van der Waals surface area contributed by atoms with Gasteiger partial charge in [-0.2, -0.15) is 5.10 Å². The summed E-state index contributed by atoms with van der Waals surface area (Å²) in [6, 6.07) is 3.88. The predicted octanol–water partition coefficient (Wildman–Crippen LogP) is 0.410. The highest BCUT2D eigenvalue weighted by Crippen LogP contribution is 2.00. The first kappa shape index (κ1) is 8.93.